The van der Waals surface area contributed by atoms with Gasteiger partial charge in [-0.15, -0.1) is 12.4 Å². The quantitative estimate of drug-likeness (QED) is 0.617. The van der Waals surface area contributed by atoms with E-state index in [1.807, 2.05) is 26.0 Å². The zero-order valence-corrected chi connectivity index (χ0v) is 15.4. The van der Waals surface area contributed by atoms with Gasteiger partial charge in [-0.25, -0.2) is 0 Å². The molecule has 1 amide bonds. The molecule has 0 aliphatic rings. The Labute approximate surface area is 150 Å². The molecule has 1 aromatic carbocycles. The highest BCUT2D eigenvalue weighted by Gasteiger charge is 2.15. The van der Waals surface area contributed by atoms with E-state index < -0.39 is 6.10 Å². The van der Waals surface area contributed by atoms with Crippen LogP contribution in [-0.2, 0) is 16.0 Å². The minimum Gasteiger partial charge on any atom is -0.389 e. The minimum atomic E-state index is -0.730. The van der Waals surface area contributed by atoms with Crippen LogP contribution in [0.1, 0.15) is 29.8 Å². The van der Waals surface area contributed by atoms with Crippen molar-refractivity contribution in [1.29, 1.82) is 0 Å². The van der Waals surface area contributed by atoms with Crippen molar-refractivity contribution in [1.82, 2.24) is 4.90 Å². The van der Waals surface area contributed by atoms with Gasteiger partial charge in [0.2, 0.25) is 0 Å². The number of nitrogens with two attached hydrogens (primary N) is 1. The summed E-state index contributed by atoms with van der Waals surface area (Å²) in [4.78, 5) is 13.7. The third-order valence-electron chi connectivity index (χ3n) is 3.26. The lowest BCUT2D eigenvalue weighted by molar-refractivity contribution is -0.0159. The first-order valence-corrected chi connectivity index (χ1v) is 7.86. The molecule has 7 heteroatoms. The molecule has 0 aliphatic carbocycles. The van der Waals surface area contributed by atoms with Crippen LogP contribution >= 0.6 is 12.4 Å². The molecule has 0 spiro atoms. The summed E-state index contributed by atoms with van der Waals surface area (Å²) < 4.78 is 10.7. The monoisotopic (exact) mass is 360 g/mol. The molecular weight excluding hydrogens is 332 g/mol. The largest absolute Gasteiger partial charge is 0.389 e. The van der Waals surface area contributed by atoms with Crippen molar-refractivity contribution >= 4 is 18.3 Å². The molecule has 0 saturated heterocycles. The van der Waals surface area contributed by atoms with Crippen molar-refractivity contribution in [3.05, 3.63) is 35.4 Å². The van der Waals surface area contributed by atoms with Gasteiger partial charge in [-0.1, -0.05) is 12.1 Å². The van der Waals surface area contributed by atoms with Gasteiger partial charge in [0, 0.05) is 25.7 Å². The van der Waals surface area contributed by atoms with E-state index in [1.165, 1.54) is 4.90 Å². The van der Waals surface area contributed by atoms with Gasteiger partial charge in [0.15, 0.2) is 0 Å². The van der Waals surface area contributed by atoms with E-state index in [0.717, 1.165) is 5.56 Å². The second kappa shape index (κ2) is 12.2. The van der Waals surface area contributed by atoms with Gasteiger partial charge in [-0.05, 0) is 31.5 Å². The maximum absolute atomic E-state index is 12.3. The molecule has 1 atom stereocenters. The summed E-state index contributed by atoms with van der Waals surface area (Å²) in [6.45, 7) is 5.65. The number of carbonyl (C=O) groups is 1. The maximum Gasteiger partial charge on any atom is 0.253 e. The number of halogens is 1. The second-order valence-corrected chi connectivity index (χ2v) is 5.74. The average molecular weight is 361 g/mol. The van der Waals surface area contributed by atoms with Gasteiger partial charge >= 0.3 is 0 Å². The van der Waals surface area contributed by atoms with Crippen molar-refractivity contribution in [2.75, 3.05) is 33.4 Å². The fourth-order valence-corrected chi connectivity index (χ4v) is 2.02. The summed E-state index contributed by atoms with van der Waals surface area (Å²) in [6.07, 6.45) is -0.566. The summed E-state index contributed by atoms with van der Waals surface area (Å²) in [6, 6.07) is 7.14. The van der Waals surface area contributed by atoms with Crippen LogP contribution in [0.2, 0.25) is 0 Å². The van der Waals surface area contributed by atoms with Crippen molar-refractivity contribution in [2.45, 2.75) is 32.6 Å². The fourth-order valence-electron chi connectivity index (χ4n) is 2.02. The maximum atomic E-state index is 12.3. The standard InChI is InChI=1S/C17H28N2O4.ClH/c1-13(2)23-9-8-22-12-16(20)11-19(3)17(21)15-6-4-14(10-18)5-7-15;/h4-7,13,16,20H,8-12,18H2,1-3H3;1H. The van der Waals surface area contributed by atoms with E-state index >= 15 is 0 Å². The number of amides is 1. The first-order chi connectivity index (χ1) is 10.9. The molecular formula is C17H29ClN2O4. The normalized spacial score (nSPS) is 11.9. The van der Waals surface area contributed by atoms with Crippen LogP contribution in [-0.4, -0.2) is 61.5 Å². The predicted octanol–water partition coefficient (Wildman–Crippen LogP) is 1.44. The second-order valence-electron chi connectivity index (χ2n) is 5.74. The van der Waals surface area contributed by atoms with Crippen LogP contribution in [0, 0.1) is 0 Å². The van der Waals surface area contributed by atoms with Crippen LogP contribution < -0.4 is 5.73 Å². The summed E-state index contributed by atoms with van der Waals surface area (Å²) in [5, 5.41) is 9.93. The van der Waals surface area contributed by atoms with Gasteiger partial charge in [0.05, 0.1) is 32.0 Å². The lowest BCUT2D eigenvalue weighted by Gasteiger charge is -2.21. The number of benzene rings is 1. The van der Waals surface area contributed by atoms with Crippen molar-refractivity contribution in [2.24, 2.45) is 5.73 Å². The zero-order chi connectivity index (χ0) is 17.2. The smallest absolute Gasteiger partial charge is 0.253 e. The number of hydrogen-bond donors (Lipinski definition) is 2. The van der Waals surface area contributed by atoms with E-state index in [-0.39, 0.29) is 37.6 Å². The van der Waals surface area contributed by atoms with Crippen LogP contribution in [0.4, 0.5) is 0 Å². The number of rotatable bonds is 10. The molecule has 0 aliphatic heterocycles. The summed E-state index contributed by atoms with van der Waals surface area (Å²) in [5.41, 5.74) is 7.08. The summed E-state index contributed by atoms with van der Waals surface area (Å²) in [7, 11) is 1.66. The minimum absolute atomic E-state index is 0. The van der Waals surface area contributed by atoms with Gasteiger partial charge in [0.1, 0.15) is 0 Å². The molecule has 0 radical (unpaired) electrons. The van der Waals surface area contributed by atoms with Gasteiger partial charge in [-0.3, -0.25) is 4.79 Å². The predicted molar refractivity (Wildman–Crippen MR) is 96.5 cm³/mol. The number of likely N-dealkylation sites (N-methyl/N-ethyl adjacent to an activating group) is 1. The molecule has 0 saturated carbocycles. The summed E-state index contributed by atoms with van der Waals surface area (Å²) in [5.74, 6) is -0.143. The molecule has 138 valence electrons. The van der Waals surface area contributed by atoms with E-state index in [1.54, 1.807) is 19.2 Å². The molecule has 1 unspecified atom stereocenters. The molecule has 3 N–H and O–H groups in total. The molecule has 0 fully saturated rings. The highest BCUT2D eigenvalue weighted by molar-refractivity contribution is 5.94. The number of nitrogens with zero attached hydrogens (tertiary/aromatic N) is 1. The molecule has 1 aromatic rings. The summed E-state index contributed by atoms with van der Waals surface area (Å²) >= 11 is 0. The SMILES string of the molecule is CC(C)OCCOCC(O)CN(C)C(=O)c1ccc(CN)cc1.Cl. The average Bonchev–Trinajstić information content (AvgIpc) is 2.53. The third kappa shape index (κ3) is 8.61. The Kier molecular flexibility index (Phi) is 11.6. The molecule has 24 heavy (non-hydrogen) atoms. The number of ether oxygens (including phenoxy) is 2. The van der Waals surface area contributed by atoms with Crippen LogP contribution in [0.15, 0.2) is 24.3 Å². The highest BCUT2D eigenvalue weighted by Crippen LogP contribution is 2.07. The molecule has 6 nitrogen and oxygen atoms in total. The Morgan fingerprint density at radius 3 is 2.42 bits per heavy atom. The van der Waals surface area contributed by atoms with Crippen molar-refractivity contribution in [3.63, 3.8) is 0 Å². The van der Waals surface area contributed by atoms with Gasteiger partial charge in [-0.2, -0.15) is 0 Å². The van der Waals surface area contributed by atoms with Crippen molar-refractivity contribution in [3.8, 4) is 0 Å². The first-order valence-electron chi connectivity index (χ1n) is 7.86. The van der Waals surface area contributed by atoms with Gasteiger partial charge in [0.25, 0.3) is 5.91 Å². The van der Waals surface area contributed by atoms with Crippen LogP contribution in [0.25, 0.3) is 0 Å². The van der Waals surface area contributed by atoms with Crippen molar-refractivity contribution < 1.29 is 19.4 Å². The van der Waals surface area contributed by atoms with Crippen LogP contribution in [0.5, 0.6) is 0 Å². The number of hydrogen-bond acceptors (Lipinski definition) is 5. The van der Waals surface area contributed by atoms with E-state index in [2.05, 4.69) is 0 Å². The lowest BCUT2D eigenvalue weighted by atomic mass is 10.1. The Hall–Kier alpha value is -1.18. The lowest BCUT2D eigenvalue weighted by Crippen LogP contribution is -2.36. The van der Waals surface area contributed by atoms with Gasteiger partial charge < -0.3 is 25.2 Å². The number of carbonyl (C=O) groups excluding carboxylic acids is 1. The number of aliphatic hydroxyl groups is 1. The zero-order valence-electron chi connectivity index (χ0n) is 14.6. The molecule has 0 aromatic heterocycles. The van der Waals surface area contributed by atoms with E-state index in [9.17, 15) is 9.90 Å². The number of aliphatic hydroxyl groups excluding tert-OH is 1. The van der Waals surface area contributed by atoms with Crippen LogP contribution in [0.3, 0.4) is 0 Å². The first kappa shape index (κ1) is 22.8. The molecule has 0 bridgehead atoms. The Bertz CT molecular complexity index is 468. The van der Waals surface area contributed by atoms with E-state index in [0.29, 0.717) is 25.3 Å². The van der Waals surface area contributed by atoms with E-state index in [4.69, 9.17) is 15.2 Å². The molecule has 0 heterocycles. The molecule has 1 rings (SSSR count). The highest BCUT2D eigenvalue weighted by atomic mass is 35.5. The Balaban J connectivity index is 0.00000529. The Morgan fingerprint density at radius 1 is 1.25 bits per heavy atom. The fraction of sp³-hybridized carbons (Fsp3) is 0.588. The third-order valence-corrected chi connectivity index (χ3v) is 3.26. The Morgan fingerprint density at radius 2 is 1.88 bits per heavy atom. The topological polar surface area (TPSA) is 85.0 Å².